The summed E-state index contributed by atoms with van der Waals surface area (Å²) in [4.78, 5) is 12.2. The van der Waals surface area contributed by atoms with Gasteiger partial charge < -0.3 is 10.1 Å². The average molecular weight is 376 g/mol. The summed E-state index contributed by atoms with van der Waals surface area (Å²) in [5, 5.41) is 7.81. The molecule has 2 aromatic carbocycles. The second-order valence-corrected chi connectivity index (χ2v) is 8.64. The van der Waals surface area contributed by atoms with Crippen LogP contribution in [0.1, 0.15) is 31.9 Å². The molecule has 0 saturated carbocycles. The molecule has 0 atom stereocenters. The fourth-order valence-electron chi connectivity index (χ4n) is 2.54. The van der Waals surface area contributed by atoms with E-state index in [2.05, 4.69) is 26.1 Å². The van der Waals surface area contributed by atoms with Crippen molar-refractivity contribution in [3.63, 3.8) is 0 Å². The number of carbonyl (C=O) groups excluding carboxylic acids is 1. The lowest BCUT2D eigenvalue weighted by atomic mass is 9.86. The van der Waals surface area contributed by atoms with Crippen LogP contribution < -0.4 is 15.2 Å². The average Bonchev–Trinajstić information content (AvgIpc) is 2.53. The van der Waals surface area contributed by atoms with Crippen LogP contribution in [0.15, 0.2) is 47.4 Å². The van der Waals surface area contributed by atoms with Crippen molar-refractivity contribution in [3.8, 4) is 5.75 Å². The Kier molecular flexibility index (Phi) is 5.73. The molecule has 7 heteroatoms. The van der Waals surface area contributed by atoms with Gasteiger partial charge in [0.05, 0.1) is 4.90 Å². The van der Waals surface area contributed by atoms with Gasteiger partial charge in [-0.15, -0.1) is 0 Å². The summed E-state index contributed by atoms with van der Waals surface area (Å²) in [7, 11) is -3.85. The Balaban J connectivity index is 2.10. The lowest BCUT2D eigenvalue weighted by molar-refractivity contribution is -0.118. The lowest BCUT2D eigenvalue weighted by Crippen LogP contribution is -2.22. The van der Waals surface area contributed by atoms with Gasteiger partial charge in [-0.05, 0) is 41.7 Å². The van der Waals surface area contributed by atoms with Crippen molar-refractivity contribution < 1.29 is 17.9 Å². The largest absolute Gasteiger partial charge is 0.483 e. The van der Waals surface area contributed by atoms with Crippen LogP contribution in [-0.2, 0) is 20.2 Å². The number of para-hydroxylation sites is 1. The van der Waals surface area contributed by atoms with E-state index in [1.54, 1.807) is 19.1 Å². The minimum atomic E-state index is -3.85. The molecule has 2 aromatic rings. The molecule has 0 aliphatic carbocycles. The highest BCUT2D eigenvalue weighted by Gasteiger charge is 2.19. The Hall–Kier alpha value is -2.38. The summed E-state index contributed by atoms with van der Waals surface area (Å²) in [5.74, 6) is 0.252. The van der Waals surface area contributed by atoms with E-state index in [0.29, 0.717) is 17.0 Å². The zero-order valence-electron chi connectivity index (χ0n) is 15.4. The van der Waals surface area contributed by atoms with Crippen LogP contribution in [0.3, 0.4) is 0 Å². The first-order chi connectivity index (χ1) is 12.0. The first-order valence-electron chi connectivity index (χ1n) is 8.14. The van der Waals surface area contributed by atoms with Crippen molar-refractivity contribution in [2.45, 2.75) is 38.0 Å². The SMILES string of the molecule is Cc1ccc(NC(=O)COc2ccccc2C(C)(C)C)cc1S(N)(=O)=O. The minimum Gasteiger partial charge on any atom is -0.483 e. The van der Waals surface area contributed by atoms with E-state index in [0.717, 1.165) is 5.56 Å². The van der Waals surface area contributed by atoms with Gasteiger partial charge in [0.25, 0.3) is 5.91 Å². The van der Waals surface area contributed by atoms with Crippen molar-refractivity contribution in [1.82, 2.24) is 0 Å². The van der Waals surface area contributed by atoms with Gasteiger partial charge in [-0.1, -0.05) is 45.0 Å². The smallest absolute Gasteiger partial charge is 0.262 e. The lowest BCUT2D eigenvalue weighted by Gasteiger charge is -2.22. The molecule has 0 aliphatic heterocycles. The number of anilines is 1. The molecule has 140 valence electrons. The maximum absolute atomic E-state index is 12.2. The van der Waals surface area contributed by atoms with E-state index in [9.17, 15) is 13.2 Å². The highest BCUT2D eigenvalue weighted by atomic mass is 32.2. The minimum absolute atomic E-state index is 0.0192. The van der Waals surface area contributed by atoms with Gasteiger partial charge in [0.2, 0.25) is 10.0 Å². The van der Waals surface area contributed by atoms with Gasteiger partial charge in [0, 0.05) is 5.69 Å². The summed E-state index contributed by atoms with van der Waals surface area (Å²) >= 11 is 0. The van der Waals surface area contributed by atoms with Gasteiger partial charge in [-0.3, -0.25) is 4.79 Å². The fourth-order valence-corrected chi connectivity index (χ4v) is 3.34. The van der Waals surface area contributed by atoms with Crippen molar-refractivity contribution in [2.24, 2.45) is 5.14 Å². The molecule has 3 N–H and O–H groups in total. The Morgan fingerprint density at radius 3 is 2.42 bits per heavy atom. The van der Waals surface area contributed by atoms with E-state index >= 15 is 0 Å². The summed E-state index contributed by atoms with van der Waals surface area (Å²) in [6, 6.07) is 12.1. The molecule has 0 heterocycles. The molecule has 0 aliphatic rings. The topological polar surface area (TPSA) is 98.5 Å². The molecule has 2 rings (SSSR count). The predicted octanol–water partition coefficient (Wildman–Crippen LogP) is 2.96. The molecule has 0 spiro atoms. The molecule has 1 amide bonds. The second-order valence-electron chi connectivity index (χ2n) is 7.11. The van der Waals surface area contributed by atoms with E-state index in [-0.39, 0.29) is 16.9 Å². The normalized spacial score (nSPS) is 11.9. The molecule has 0 fully saturated rings. The number of rotatable bonds is 5. The van der Waals surface area contributed by atoms with Crippen molar-refractivity contribution in [1.29, 1.82) is 0 Å². The van der Waals surface area contributed by atoms with Crippen LogP contribution in [0.4, 0.5) is 5.69 Å². The number of benzene rings is 2. The van der Waals surface area contributed by atoms with Crippen LogP contribution in [0.5, 0.6) is 5.75 Å². The quantitative estimate of drug-likeness (QED) is 0.838. The summed E-state index contributed by atoms with van der Waals surface area (Å²) < 4.78 is 28.8. The van der Waals surface area contributed by atoms with E-state index in [1.165, 1.54) is 6.07 Å². The maximum atomic E-state index is 12.2. The molecular formula is C19H24N2O4S. The number of hydrogen-bond donors (Lipinski definition) is 2. The zero-order valence-corrected chi connectivity index (χ0v) is 16.2. The van der Waals surface area contributed by atoms with Crippen LogP contribution in [0.2, 0.25) is 0 Å². The first kappa shape index (κ1) is 19.9. The third-order valence-corrected chi connectivity index (χ3v) is 4.89. The molecule has 26 heavy (non-hydrogen) atoms. The van der Waals surface area contributed by atoms with Crippen molar-refractivity contribution in [2.75, 3.05) is 11.9 Å². The molecule has 0 unspecified atom stereocenters. The van der Waals surface area contributed by atoms with Gasteiger partial charge in [-0.25, -0.2) is 13.6 Å². The first-order valence-corrected chi connectivity index (χ1v) is 9.69. The number of ether oxygens (including phenoxy) is 1. The highest BCUT2D eigenvalue weighted by molar-refractivity contribution is 7.89. The number of nitrogens with two attached hydrogens (primary N) is 1. The van der Waals surface area contributed by atoms with Gasteiger partial charge in [-0.2, -0.15) is 0 Å². The molecule has 0 saturated heterocycles. The number of carbonyl (C=O) groups is 1. The number of sulfonamides is 1. The molecule has 6 nitrogen and oxygen atoms in total. The third kappa shape index (κ3) is 5.06. The van der Waals surface area contributed by atoms with Crippen LogP contribution in [0.25, 0.3) is 0 Å². The number of primary sulfonamides is 1. The monoisotopic (exact) mass is 376 g/mol. The number of nitrogens with one attached hydrogen (secondary N) is 1. The maximum Gasteiger partial charge on any atom is 0.262 e. The standard InChI is InChI=1S/C19H24N2O4S/c1-13-9-10-14(11-17(13)26(20,23)24)21-18(22)12-25-16-8-6-5-7-15(16)19(2,3)4/h5-11H,12H2,1-4H3,(H,21,22)(H2,20,23,24). The molecular weight excluding hydrogens is 352 g/mol. The summed E-state index contributed by atoms with van der Waals surface area (Å²) in [6.07, 6.45) is 0. The molecule has 0 bridgehead atoms. The molecule has 0 aromatic heterocycles. The summed E-state index contributed by atoms with van der Waals surface area (Å²) in [5.41, 5.74) is 1.74. The predicted molar refractivity (Wildman–Crippen MR) is 102 cm³/mol. The number of amides is 1. The summed E-state index contributed by atoms with van der Waals surface area (Å²) in [6.45, 7) is 7.65. The highest BCUT2D eigenvalue weighted by Crippen LogP contribution is 2.30. The van der Waals surface area contributed by atoms with Crippen LogP contribution in [-0.4, -0.2) is 20.9 Å². The van der Waals surface area contributed by atoms with E-state index in [1.807, 2.05) is 24.3 Å². The Bertz CT molecular complexity index is 915. The van der Waals surface area contributed by atoms with Gasteiger partial charge >= 0.3 is 0 Å². The molecule has 0 radical (unpaired) electrons. The second kappa shape index (κ2) is 7.47. The van der Waals surface area contributed by atoms with Crippen molar-refractivity contribution >= 4 is 21.6 Å². The fraction of sp³-hybridized carbons (Fsp3) is 0.316. The van der Waals surface area contributed by atoms with E-state index < -0.39 is 15.9 Å². The number of hydrogen-bond acceptors (Lipinski definition) is 4. The van der Waals surface area contributed by atoms with Gasteiger partial charge in [0.15, 0.2) is 6.61 Å². The van der Waals surface area contributed by atoms with Crippen LogP contribution in [0, 0.1) is 6.92 Å². The van der Waals surface area contributed by atoms with Crippen molar-refractivity contribution in [3.05, 3.63) is 53.6 Å². The Morgan fingerprint density at radius 2 is 1.81 bits per heavy atom. The van der Waals surface area contributed by atoms with E-state index in [4.69, 9.17) is 9.88 Å². The zero-order chi connectivity index (χ0) is 19.5. The Morgan fingerprint density at radius 1 is 1.15 bits per heavy atom. The third-order valence-electron chi connectivity index (χ3n) is 3.83. The number of aryl methyl sites for hydroxylation is 1. The Labute approximate surface area is 154 Å². The van der Waals surface area contributed by atoms with Gasteiger partial charge in [0.1, 0.15) is 5.75 Å². The van der Waals surface area contributed by atoms with Crippen LogP contribution >= 0.6 is 0 Å².